The summed E-state index contributed by atoms with van der Waals surface area (Å²) in [6.07, 6.45) is 0. The van der Waals surface area contributed by atoms with Crippen LogP contribution in [0.2, 0.25) is 0 Å². The van der Waals surface area contributed by atoms with E-state index in [1.165, 1.54) is 32.6 Å². The molecule has 11 rings (SSSR count). The van der Waals surface area contributed by atoms with Crippen molar-refractivity contribution < 1.29 is 4.42 Å². The Morgan fingerprint density at radius 2 is 1.09 bits per heavy atom. The minimum atomic E-state index is 0.606. The molecule has 57 heavy (non-hydrogen) atoms. The van der Waals surface area contributed by atoms with E-state index in [0.29, 0.717) is 5.89 Å². The molecular formula is C53H35N3O. The minimum absolute atomic E-state index is 0.606. The molecule has 0 N–H and O–H groups in total. The number of para-hydroxylation sites is 3. The largest absolute Gasteiger partial charge is 0.435 e. The van der Waals surface area contributed by atoms with Gasteiger partial charge in [-0.2, -0.15) is 0 Å². The lowest BCUT2D eigenvalue weighted by Crippen LogP contribution is -2.11. The second-order valence-electron chi connectivity index (χ2n) is 14.4. The topological polar surface area (TPSA) is 34.2 Å². The van der Waals surface area contributed by atoms with Gasteiger partial charge in [0.05, 0.1) is 16.7 Å². The quantitative estimate of drug-likeness (QED) is 0.164. The van der Waals surface area contributed by atoms with Crippen molar-refractivity contribution in [1.82, 2.24) is 9.55 Å². The molecule has 4 heteroatoms. The van der Waals surface area contributed by atoms with Gasteiger partial charge in [-0.15, -0.1) is 0 Å². The van der Waals surface area contributed by atoms with Crippen LogP contribution in [-0.4, -0.2) is 9.55 Å². The van der Waals surface area contributed by atoms with E-state index in [2.05, 4.69) is 185 Å². The number of benzene rings is 9. The molecule has 0 aliphatic heterocycles. The third kappa shape index (κ3) is 5.58. The molecule has 0 radical (unpaired) electrons. The number of hydrogen-bond donors (Lipinski definition) is 0. The Kier molecular flexibility index (Phi) is 7.78. The molecule has 0 saturated carbocycles. The first-order valence-corrected chi connectivity index (χ1v) is 19.3. The zero-order chi connectivity index (χ0) is 37.7. The first-order chi connectivity index (χ1) is 28.3. The van der Waals surface area contributed by atoms with Crippen LogP contribution < -0.4 is 4.90 Å². The van der Waals surface area contributed by atoms with Crippen molar-refractivity contribution in [2.24, 2.45) is 0 Å². The molecule has 0 saturated heterocycles. The summed E-state index contributed by atoms with van der Waals surface area (Å²) in [5.74, 6) is 0.606. The van der Waals surface area contributed by atoms with Gasteiger partial charge in [-0.1, -0.05) is 152 Å². The van der Waals surface area contributed by atoms with E-state index in [4.69, 9.17) is 9.40 Å². The second-order valence-corrected chi connectivity index (χ2v) is 14.4. The van der Waals surface area contributed by atoms with Gasteiger partial charge in [0.1, 0.15) is 5.52 Å². The summed E-state index contributed by atoms with van der Waals surface area (Å²) in [6, 6.07) is 75.2. The number of nitrogens with zero attached hydrogens (tertiary/aromatic N) is 3. The molecule has 0 aliphatic rings. The fraction of sp³-hybridized carbons (Fsp3) is 0. The van der Waals surface area contributed by atoms with Gasteiger partial charge in [0.2, 0.25) is 5.89 Å². The standard InChI is InChI=1S/C53H35N3O/c1-4-16-36(17-5-1)39-21-14-24-41(34-39)55(49-29-13-12-26-44(49)47-27-15-28-48-52(47)57-53(54-48)38-19-6-2-7-20-38)42-31-33-45-46-32-30-37-18-10-11-25-43(37)51(46)56(50(45)35-42)40-22-8-3-9-23-40/h1-35H. The monoisotopic (exact) mass is 729 g/mol. The molecule has 11 aromatic rings. The Labute approximate surface area is 330 Å². The van der Waals surface area contributed by atoms with E-state index < -0.39 is 0 Å². The van der Waals surface area contributed by atoms with Crippen molar-refractivity contribution >= 4 is 60.7 Å². The molecule has 0 spiro atoms. The van der Waals surface area contributed by atoms with E-state index in [1.54, 1.807) is 0 Å². The molecule has 0 fully saturated rings. The van der Waals surface area contributed by atoms with Gasteiger partial charge < -0.3 is 13.9 Å². The molecule has 9 aromatic carbocycles. The number of aromatic nitrogens is 2. The summed E-state index contributed by atoms with van der Waals surface area (Å²) < 4.78 is 9.05. The third-order valence-electron chi connectivity index (χ3n) is 11.0. The average Bonchev–Trinajstić information content (AvgIpc) is 3.88. The number of oxazole rings is 1. The van der Waals surface area contributed by atoms with Gasteiger partial charge in [-0.05, 0) is 77.2 Å². The molecule has 0 unspecified atom stereocenters. The lowest BCUT2D eigenvalue weighted by atomic mass is 9.99. The Morgan fingerprint density at radius 1 is 0.439 bits per heavy atom. The number of rotatable bonds is 7. The Morgan fingerprint density at radius 3 is 1.93 bits per heavy atom. The summed E-state index contributed by atoms with van der Waals surface area (Å²) in [5, 5.41) is 4.87. The van der Waals surface area contributed by atoms with Gasteiger partial charge in [-0.3, -0.25) is 0 Å². The van der Waals surface area contributed by atoms with E-state index >= 15 is 0 Å². The molecule has 4 nitrogen and oxygen atoms in total. The van der Waals surface area contributed by atoms with Crippen LogP contribution in [0.25, 0.3) is 83.1 Å². The van der Waals surface area contributed by atoms with Crippen LogP contribution in [-0.2, 0) is 0 Å². The van der Waals surface area contributed by atoms with Crippen molar-refractivity contribution in [2.45, 2.75) is 0 Å². The zero-order valence-electron chi connectivity index (χ0n) is 31.0. The predicted molar refractivity (Wildman–Crippen MR) is 237 cm³/mol. The summed E-state index contributed by atoms with van der Waals surface area (Å²) >= 11 is 0. The smallest absolute Gasteiger partial charge is 0.227 e. The summed E-state index contributed by atoms with van der Waals surface area (Å²) in [4.78, 5) is 7.33. The molecule has 0 aliphatic carbocycles. The van der Waals surface area contributed by atoms with Gasteiger partial charge >= 0.3 is 0 Å². The SMILES string of the molecule is c1ccc(-c2cccc(N(c3ccc4c5ccc6ccccc6c5n(-c5ccccc5)c4c3)c3ccccc3-c3cccc4nc(-c5ccccc5)oc34)c2)cc1. The molecular weight excluding hydrogens is 695 g/mol. The van der Waals surface area contributed by atoms with Crippen molar-refractivity contribution in [3.8, 4) is 39.4 Å². The lowest BCUT2D eigenvalue weighted by molar-refractivity contribution is 0.621. The molecule has 2 aromatic heterocycles. The minimum Gasteiger partial charge on any atom is -0.435 e. The van der Waals surface area contributed by atoms with Crippen LogP contribution in [0.4, 0.5) is 17.1 Å². The number of fused-ring (bicyclic) bond motifs is 6. The fourth-order valence-electron chi connectivity index (χ4n) is 8.40. The highest BCUT2D eigenvalue weighted by Gasteiger charge is 2.23. The van der Waals surface area contributed by atoms with Gasteiger partial charge in [-0.25, -0.2) is 4.98 Å². The molecule has 2 heterocycles. The van der Waals surface area contributed by atoms with E-state index in [9.17, 15) is 0 Å². The average molecular weight is 730 g/mol. The normalized spacial score (nSPS) is 11.5. The second kappa shape index (κ2) is 13.6. The van der Waals surface area contributed by atoms with Crippen LogP contribution >= 0.6 is 0 Å². The molecule has 268 valence electrons. The molecule has 0 bridgehead atoms. The highest BCUT2D eigenvalue weighted by atomic mass is 16.3. The first kappa shape index (κ1) is 32.7. The van der Waals surface area contributed by atoms with Crippen molar-refractivity contribution in [3.63, 3.8) is 0 Å². The van der Waals surface area contributed by atoms with E-state index in [-0.39, 0.29) is 0 Å². The van der Waals surface area contributed by atoms with Crippen molar-refractivity contribution in [3.05, 3.63) is 212 Å². The maximum absolute atomic E-state index is 6.62. The van der Waals surface area contributed by atoms with Crippen LogP contribution in [0, 0.1) is 0 Å². The predicted octanol–water partition coefficient (Wildman–Crippen LogP) is 14.5. The van der Waals surface area contributed by atoms with Gasteiger partial charge in [0.25, 0.3) is 0 Å². The molecule has 0 atom stereocenters. The van der Waals surface area contributed by atoms with Gasteiger partial charge in [0, 0.05) is 49.9 Å². The van der Waals surface area contributed by atoms with Gasteiger partial charge in [0.15, 0.2) is 5.58 Å². The first-order valence-electron chi connectivity index (χ1n) is 19.3. The summed E-state index contributed by atoms with van der Waals surface area (Å²) in [6.45, 7) is 0. The fourth-order valence-corrected chi connectivity index (χ4v) is 8.40. The zero-order valence-corrected chi connectivity index (χ0v) is 31.0. The summed E-state index contributed by atoms with van der Waals surface area (Å²) in [7, 11) is 0. The van der Waals surface area contributed by atoms with Crippen LogP contribution in [0.15, 0.2) is 217 Å². The van der Waals surface area contributed by atoms with Crippen LogP contribution in [0.3, 0.4) is 0 Å². The van der Waals surface area contributed by atoms with Crippen LogP contribution in [0.5, 0.6) is 0 Å². The van der Waals surface area contributed by atoms with Crippen LogP contribution in [0.1, 0.15) is 0 Å². The number of anilines is 3. The Bertz CT molecular complexity index is 3240. The highest BCUT2D eigenvalue weighted by Crippen LogP contribution is 2.46. The van der Waals surface area contributed by atoms with Crippen molar-refractivity contribution in [1.29, 1.82) is 0 Å². The maximum Gasteiger partial charge on any atom is 0.227 e. The Hall–Kier alpha value is -7.69. The Balaban J connectivity index is 1.18. The van der Waals surface area contributed by atoms with E-state index in [0.717, 1.165) is 61.6 Å². The summed E-state index contributed by atoms with van der Waals surface area (Å²) in [5.41, 5.74) is 13.4. The van der Waals surface area contributed by atoms with E-state index in [1.807, 2.05) is 36.4 Å². The number of hydrogen-bond acceptors (Lipinski definition) is 3. The molecule has 0 amide bonds. The van der Waals surface area contributed by atoms with Crippen molar-refractivity contribution in [2.75, 3.05) is 4.90 Å². The maximum atomic E-state index is 6.62. The lowest BCUT2D eigenvalue weighted by Gasteiger charge is -2.28. The highest BCUT2D eigenvalue weighted by molar-refractivity contribution is 6.19. The third-order valence-corrected chi connectivity index (χ3v) is 11.0.